The zero-order chi connectivity index (χ0) is 20.0. The van der Waals surface area contributed by atoms with Crippen molar-refractivity contribution in [3.63, 3.8) is 0 Å². The van der Waals surface area contributed by atoms with E-state index in [4.69, 9.17) is 0 Å². The number of sulfonamides is 1. The van der Waals surface area contributed by atoms with E-state index < -0.39 is 10.0 Å². The molecule has 0 atom stereocenters. The molecule has 1 aromatic rings. The Morgan fingerprint density at radius 2 is 1.54 bits per heavy atom. The van der Waals surface area contributed by atoms with Gasteiger partial charge in [0, 0.05) is 29.9 Å². The molecule has 156 valence electrons. The van der Waals surface area contributed by atoms with E-state index in [1.165, 1.54) is 36.4 Å². The molecule has 1 aliphatic heterocycles. The van der Waals surface area contributed by atoms with Gasteiger partial charge in [0.1, 0.15) is 0 Å². The molecule has 2 aliphatic rings. The first-order valence-corrected chi connectivity index (χ1v) is 13.1. The van der Waals surface area contributed by atoms with Gasteiger partial charge in [-0.2, -0.15) is 4.31 Å². The number of hydrogen-bond acceptors (Lipinski definition) is 4. The molecular weight excluding hydrogens is 392 g/mol. The van der Waals surface area contributed by atoms with Crippen LogP contribution in [0.2, 0.25) is 0 Å². The smallest absolute Gasteiger partial charge is 0.243 e. The predicted molar refractivity (Wildman–Crippen MR) is 114 cm³/mol. The van der Waals surface area contributed by atoms with Gasteiger partial charge in [-0.3, -0.25) is 4.79 Å². The maximum atomic E-state index is 12.9. The van der Waals surface area contributed by atoms with Gasteiger partial charge in [0.2, 0.25) is 15.9 Å². The van der Waals surface area contributed by atoms with Crippen LogP contribution in [0.4, 0.5) is 0 Å². The average molecular weight is 425 g/mol. The second-order valence-corrected chi connectivity index (χ2v) is 10.7. The molecule has 0 bridgehead atoms. The minimum atomic E-state index is -3.48. The topological polar surface area (TPSA) is 66.5 Å². The molecule has 2 fully saturated rings. The van der Waals surface area contributed by atoms with Crippen LogP contribution in [0.15, 0.2) is 34.1 Å². The van der Waals surface area contributed by atoms with Gasteiger partial charge in [0.15, 0.2) is 0 Å². The molecule has 5 nitrogen and oxygen atoms in total. The van der Waals surface area contributed by atoms with E-state index in [1.807, 2.05) is 18.4 Å². The molecule has 3 rings (SSSR count). The van der Waals surface area contributed by atoms with Crippen molar-refractivity contribution in [1.29, 1.82) is 0 Å². The van der Waals surface area contributed by atoms with Gasteiger partial charge in [-0.25, -0.2) is 8.42 Å². The largest absolute Gasteiger partial charge is 0.353 e. The number of thioether (sulfide) groups is 1. The Kier molecular flexibility index (Phi) is 7.83. The molecule has 28 heavy (non-hydrogen) atoms. The molecule has 7 heteroatoms. The number of carbonyl (C=O) groups excluding carboxylic acids is 1. The summed E-state index contributed by atoms with van der Waals surface area (Å²) in [7, 11) is -3.48. The van der Waals surface area contributed by atoms with Crippen LogP contribution in [-0.2, 0) is 14.8 Å². The highest BCUT2D eigenvalue weighted by atomic mass is 32.2. The minimum absolute atomic E-state index is 0.0734. The number of benzene rings is 1. The molecule has 1 heterocycles. The summed E-state index contributed by atoms with van der Waals surface area (Å²) in [4.78, 5) is 14.1. The summed E-state index contributed by atoms with van der Waals surface area (Å²) in [6.07, 6.45) is 11.5. The number of piperidine rings is 1. The SMILES string of the molecule is CSc1ccc(S(=O)(=O)N2CCC(C(=O)NC3CCCCCCC3)CC2)cc1. The van der Waals surface area contributed by atoms with Crippen molar-refractivity contribution in [2.75, 3.05) is 19.3 Å². The van der Waals surface area contributed by atoms with E-state index in [-0.39, 0.29) is 11.8 Å². The minimum Gasteiger partial charge on any atom is -0.353 e. The fourth-order valence-electron chi connectivity index (χ4n) is 4.17. The molecule has 0 unspecified atom stereocenters. The highest BCUT2D eigenvalue weighted by Gasteiger charge is 2.32. The van der Waals surface area contributed by atoms with Gasteiger partial charge in [-0.1, -0.05) is 32.1 Å². The van der Waals surface area contributed by atoms with E-state index in [9.17, 15) is 13.2 Å². The third-order valence-corrected chi connectivity index (χ3v) is 8.63. The summed E-state index contributed by atoms with van der Waals surface area (Å²) in [5.74, 6) is 0.0442. The Labute approximate surface area is 173 Å². The molecule has 1 aromatic carbocycles. The van der Waals surface area contributed by atoms with Gasteiger partial charge in [0.05, 0.1) is 4.90 Å². The molecule has 0 aromatic heterocycles. The highest BCUT2D eigenvalue weighted by molar-refractivity contribution is 7.98. The molecule has 1 aliphatic carbocycles. The molecule has 1 N–H and O–H groups in total. The number of hydrogen-bond donors (Lipinski definition) is 1. The quantitative estimate of drug-likeness (QED) is 0.725. The Balaban J connectivity index is 1.53. The van der Waals surface area contributed by atoms with Crippen molar-refractivity contribution in [2.24, 2.45) is 5.92 Å². The zero-order valence-corrected chi connectivity index (χ0v) is 18.4. The molecule has 1 saturated heterocycles. The number of amides is 1. The van der Waals surface area contributed by atoms with E-state index in [0.717, 1.165) is 17.7 Å². The maximum Gasteiger partial charge on any atom is 0.243 e. The van der Waals surface area contributed by atoms with Crippen LogP contribution in [0.25, 0.3) is 0 Å². The van der Waals surface area contributed by atoms with Gasteiger partial charge < -0.3 is 5.32 Å². The first kappa shape index (κ1) is 21.7. The normalized spacial score (nSPS) is 21.0. The maximum absolute atomic E-state index is 12.9. The number of nitrogens with one attached hydrogen (secondary N) is 1. The van der Waals surface area contributed by atoms with Crippen molar-refractivity contribution in [1.82, 2.24) is 9.62 Å². The first-order valence-electron chi connectivity index (χ1n) is 10.5. The molecule has 1 amide bonds. The zero-order valence-electron chi connectivity index (χ0n) is 16.7. The lowest BCUT2D eigenvalue weighted by Gasteiger charge is -2.31. The second kappa shape index (κ2) is 10.1. The number of carbonyl (C=O) groups is 1. The van der Waals surface area contributed by atoms with Crippen LogP contribution in [0.3, 0.4) is 0 Å². The summed E-state index contributed by atoms with van der Waals surface area (Å²) in [5, 5.41) is 3.25. The molecule has 0 spiro atoms. The summed E-state index contributed by atoms with van der Waals surface area (Å²) in [6.45, 7) is 0.824. The summed E-state index contributed by atoms with van der Waals surface area (Å²) in [5.41, 5.74) is 0. The first-order chi connectivity index (χ1) is 13.5. The predicted octanol–water partition coefficient (Wildman–Crippen LogP) is 4.04. The monoisotopic (exact) mass is 424 g/mol. The third-order valence-electron chi connectivity index (χ3n) is 5.97. The van der Waals surface area contributed by atoms with Crippen LogP contribution in [0, 0.1) is 5.92 Å². The lowest BCUT2D eigenvalue weighted by molar-refractivity contribution is -0.127. The summed E-state index contributed by atoms with van der Waals surface area (Å²) in [6, 6.07) is 7.33. The van der Waals surface area contributed by atoms with Crippen LogP contribution in [0.5, 0.6) is 0 Å². The van der Waals surface area contributed by atoms with E-state index in [2.05, 4.69) is 5.32 Å². The fourth-order valence-corrected chi connectivity index (χ4v) is 6.05. The van der Waals surface area contributed by atoms with Crippen LogP contribution < -0.4 is 5.32 Å². The van der Waals surface area contributed by atoms with Gasteiger partial charge in [-0.05, 0) is 56.2 Å². The third kappa shape index (κ3) is 5.51. The van der Waals surface area contributed by atoms with E-state index in [0.29, 0.717) is 36.9 Å². The summed E-state index contributed by atoms with van der Waals surface area (Å²) < 4.78 is 27.3. The Hall–Kier alpha value is -1.05. The second-order valence-electron chi connectivity index (χ2n) is 7.90. The van der Waals surface area contributed by atoms with Crippen molar-refractivity contribution in [2.45, 2.75) is 73.6 Å². The van der Waals surface area contributed by atoms with Crippen molar-refractivity contribution in [3.05, 3.63) is 24.3 Å². The van der Waals surface area contributed by atoms with Gasteiger partial charge in [-0.15, -0.1) is 11.8 Å². The number of rotatable bonds is 5. The van der Waals surface area contributed by atoms with Crippen molar-refractivity contribution in [3.8, 4) is 0 Å². The van der Waals surface area contributed by atoms with Gasteiger partial charge >= 0.3 is 0 Å². The Morgan fingerprint density at radius 3 is 2.11 bits per heavy atom. The average Bonchev–Trinajstić information content (AvgIpc) is 2.70. The standard InChI is InChI=1S/C21H32N2O3S2/c1-27-19-9-11-20(12-10-19)28(25,26)23-15-13-17(14-16-23)21(24)22-18-7-5-3-2-4-6-8-18/h9-12,17-18H,2-8,13-16H2,1H3,(H,22,24). The Bertz CT molecular complexity index is 733. The van der Waals surface area contributed by atoms with Gasteiger partial charge in [0.25, 0.3) is 0 Å². The van der Waals surface area contributed by atoms with Crippen LogP contribution in [0.1, 0.15) is 57.8 Å². The van der Waals surface area contributed by atoms with E-state index >= 15 is 0 Å². The summed E-state index contributed by atoms with van der Waals surface area (Å²) >= 11 is 1.59. The fraction of sp³-hybridized carbons (Fsp3) is 0.667. The van der Waals surface area contributed by atoms with Crippen molar-refractivity contribution >= 4 is 27.7 Å². The highest BCUT2D eigenvalue weighted by Crippen LogP contribution is 2.26. The van der Waals surface area contributed by atoms with Crippen LogP contribution >= 0.6 is 11.8 Å². The van der Waals surface area contributed by atoms with Crippen LogP contribution in [-0.4, -0.2) is 44.0 Å². The van der Waals surface area contributed by atoms with Crippen molar-refractivity contribution < 1.29 is 13.2 Å². The number of nitrogens with zero attached hydrogens (tertiary/aromatic N) is 1. The lowest BCUT2D eigenvalue weighted by Crippen LogP contribution is -2.45. The molecule has 1 saturated carbocycles. The van der Waals surface area contributed by atoms with E-state index in [1.54, 1.807) is 23.9 Å². The molecular formula is C21H32N2O3S2. The lowest BCUT2D eigenvalue weighted by atomic mass is 9.94. The Morgan fingerprint density at radius 1 is 0.964 bits per heavy atom. The molecule has 0 radical (unpaired) electrons.